The molecule has 4 aromatic rings. The van der Waals surface area contributed by atoms with Gasteiger partial charge in [-0.25, -0.2) is 4.79 Å². The number of ether oxygens (including phenoxy) is 3. The molecule has 1 aromatic heterocycles. The normalized spacial score (nSPS) is 10.4. The van der Waals surface area contributed by atoms with Crippen LogP contribution >= 0.6 is 0 Å². The van der Waals surface area contributed by atoms with Gasteiger partial charge in [0.2, 0.25) is 0 Å². The second-order valence-electron chi connectivity index (χ2n) is 7.38. The summed E-state index contributed by atoms with van der Waals surface area (Å²) in [6, 6.07) is 18.6. The van der Waals surface area contributed by atoms with E-state index in [0.29, 0.717) is 39.8 Å². The Kier molecular flexibility index (Phi) is 6.59. The number of aryl methyl sites for hydroxylation is 1. The number of fused-ring (bicyclic) bond motifs is 1. The van der Waals surface area contributed by atoms with E-state index in [1.807, 2.05) is 25.1 Å². The van der Waals surface area contributed by atoms with Gasteiger partial charge in [0.15, 0.2) is 11.5 Å². The molecule has 0 unspecified atom stereocenters. The van der Waals surface area contributed by atoms with Crippen LogP contribution in [-0.4, -0.2) is 31.1 Å². The summed E-state index contributed by atoms with van der Waals surface area (Å²) in [5.41, 5.74) is 2.44. The molecule has 0 bridgehead atoms. The Bertz CT molecular complexity index is 1350. The predicted molar refractivity (Wildman–Crippen MR) is 129 cm³/mol. The summed E-state index contributed by atoms with van der Waals surface area (Å²) >= 11 is 0. The van der Waals surface area contributed by atoms with Gasteiger partial charge < -0.3 is 19.5 Å². The molecule has 0 aliphatic rings. The van der Waals surface area contributed by atoms with Crippen LogP contribution in [0.5, 0.6) is 23.0 Å². The third kappa shape index (κ3) is 4.91. The molecule has 0 fully saturated rings. The monoisotopic (exact) mass is 457 g/mol. The van der Waals surface area contributed by atoms with Gasteiger partial charge in [0.1, 0.15) is 11.5 Å². The molecule has 0 saturated carbocycles. The molecule has 3 aromatic carbocycles. The zero-order valence-corrected chi connectivity index (χ0v) is 18.9. The van der Waals surface area contributed by atoms with Gasteiger partial charge in [0.05, 0.1) is 19.7 Å². The fraction of sp³-hybridized carbons (Fsp3) is 0.115. The smallest absolute Gasteiger partial charge is 0.326 e. The minimum Gasteiger partial charge on any atom is -0.493 e. The molecule has 4 rings (SSSR count). The number of anilines is 1. The van der Waals surface area contributed by atoms with Crippen molar-refractivity contribution in [3.05, 3.63) is 84.1 Å². The van der Waals surface area contributed by atoms with Gasteiger partial charge in [0.25, 0.3) is 5.91 Å². The molecule has 0 aliphatic carbocycles. The Labute approximate surface area is 196 Å². The fourth-order valence-corrected chi connectivity index (χ4v) is 3.43. The van der Waals surface area contributed by atoms with Crippen molar-refractivity contribution in [3.63, 3.8) is 0 Å². The summed E-state index contributed by atoms with van der Waals surface area (Å²) in [6.07, 6.45) is 1.65. The molecule has 8 nitrogen and oxygen atoms in total. The first kappa shape index (κ1) is 22.6. The molecular weight excluding hydrogens is 434 g/mol. The van der Waals surface area contributed by atoms with Crippen LogP contribution in [0.2, 0.25) is 0 Å². The van der Waals surface area contributed by atoms with E-state index in [1.54, 1.807) is 68.9 Å². The SMILES string of the molecule is COc1cc2nccc(Oc3ccc(NC(=O)NC(=O)c4ccccc4C)cc3)c2cc1OC. The molecule has 172 valence electrons. The van der Waals surface area contributed by atoms with E-state index in [4.69, 9.17) is 14.2 Å². The highest BCUT2D eigenvalue weighted by atomic mass is 16.5. The molecule has 0 aliphatic heterocycles. The minimum atomic E-state index is -0.622. The summed E-state index contributed by atoms with van der Waals surface area (Å²) in [5, 5.41) is 5.74. The number of methoxy groups -OCH3 is 2. The topological polar surface area (TPSA) is 98.8 Å². The van der Waals surface area contributed by atoms with Gasteiger partial charge in [-0.1, -0.05) is 18.2 Å². The van der Waals surface area contributed by atoms with Gasteiger partial charge in [-0.2, -0.15) is 0 Å². The summed E-state index contributed by atoms with van der Waals surface area (Å²) in [5.74, 6) is 1.83. The number of benzene rings is 3. The number of amides is 3. The summed E-state index contributed by atoms with van der Waals surface area (Å²) in [7, 11) is 3.13. The van der Waals surface area contributed by atoms with Crippen LogP contribution in [-0.2, 0) is 0 Å². The summed E-state index contributed by atoms with van der Waals surface area (Å²) < 4.78 is 16.8. The number of nitrogens with zero attached hydrogens (tertiary/aromatic N) is 1. The number of imide groups is 1. The van der Waals surface area contributed by atoms with E-state index < -0.39 is 11.9 Å². The second-order valence-corrected chi connectivity index (χ2v) is 7.38. The van der Waals surface area contributed by atoms with Gasteiger partial charge in [0, 0.05) is 28.9 Å². The number of urea groups is 1. The Morgan fingerprint density at radius 3 is 2.26 bits per heavy atom. The fourth-order valence-electron chi connectivity index (χ4n) is 3.43. The maximum absolute atomic E-state index is 12.3. The van der Waals surface area contributed by atoms with E-state index in [1.165, 1.54) is 0 Å². The van der Waals surface area contributed by atoms with E-state index >= 15 is 0 Å². The molecule has 1 heterocycles. The number of hydrogen-bond donors (Lipinski definition) is 2. The molecule has 0 atom stereocenters. The van der Waals surface area contributed by atoms with Gasteiger partial charge in [-0.15, -0.1) is 0 Å². The lowest BCUT2D eigenvalue weighted by molar-refractivity contribution is 0.0966. The van der Waals surface area contributed by atoms with E-state index in [9.17, 15) is 9.59 Å². The molecule has 3 amide bonds. The maximum Gasteiger partial charge on any atom is 0.326 e. The van der Waals surface area contributed by atoms with Crippen molar-refractivity contribution >= 4 is 28.5 Å². The van der Waals surface area contributed by atoms with Crippen molar-refractivity contribution in [2.24, 2.45) is 0 Å². The van der Waals surface area contributed by atoms with Crippen molar-refractivity contribution in [1.82, 2.24) is 10.3 Å². The lowest BCUT2D eigenvalue weighted by atomic mass is 10.1. The van der Waals surface area contributed by atoms with Gasteiger partial charge >= 0.3 is 6.03 Å². The van der Waals surface area contributed by atoms with E-state index in [-0.39, 0.29) is 0 Å². The third-order valence-corrected chi connectivity index (χ3v) is 5.16. The quantitative estimate of drug-likeness (QED) is 0.407. The highest BCUT2D eigenvalue weighted by Crippen LogP contribution is 2.36. The van der Waals surface area contributed by atoms with Crippen molar-refractivity contribution in [1.29, 1.82) is 0 Å². The highest BCUT2D eigenvalue weighted by molar-refractivity contribution is 6.08. The molecule has 0 spiro atoms. The van der Waals surface area contributed by atoms with Gasteiger partial charge in [-0.3, -0.25) is 15.1 Å². The molecule has 0 radical (unpaired) electrons. The first-order valence-electron chi connectivity index (χ1n) is 10.4. The van der Waals surface area contributed by atoms with Crippen LogP contribution in [0, 0.1) is 6.92 Å². The van der Waals surface area contributed by atoms with E-state index in [0.717, 1.165) is 10.9 Å². The van der Waals surface area contributed by atoms with Crippen molar-refractivity contribution < 1.29 is 23.8 Å². The Morgan fingerprint density at radius 2 is 1.56 bits per heavy atom. The van der Waals surface area contributed by atoms with Crippen LogP contribution in [0.25, 0.3) is 10.9 Å². The van der Waals surface area contributed by atoms with Crippen molar-refractivity contribution in [2.75, 3.05) is 19.5 Å². The largest absolute Gasteiger partial charge is 0.493 e. The molecule has 2 N–H and O–H groups in total. The van der Waals surface area contributed by atoms with Crippen LogP contribution in [0.4, 0.5) is 10.5 Å². The van der Waals surface area contributed by atoms with Gasteiger partial charge in [-0.05, 0) is 55.0 Å². The van der Waals surface area contributed by atoms with E-state index in [2.05, 4.69) is 15.6 Å². The van der Waals surface area contributed by atoms with Crippen LogP contribution in [0.1, 0.15) is 15.9 Å². The second kappa shape index (κ2) is 9.91. The average Bonchev–Trinajstić information content (AvgIpc) is 2.84. The van der Waals surface area contributed by atoms with Crippen molar-refractivity contribution in [3.8, 4) is 23.0 Å². The lowest BCUT2D eigenvalue weighted by Crippen LogP contribution is -2.34. The number of nitrogens with one attached hydrogen (secondary N) is 2. The average molecular weight is 457 g/mol. The predicted octanol–water partition coefficient (Wildman–Crippen LogP) is 5.31. The third-order valence-electron chi connectivity index (χ3n) is 5.16. The Balaban J connectivity index is 1.45. The number of carbonyl (C=O) groups is 2. The zero-order chi connectivity index (χ0) is 24.1. The Hall–Kier alpha value is -4.59. The maximum atomic E-state index is 12.3. The minimum absolute atomic E-state index is 0.445. The Morgan fingerprint density at radius 1 is 0.853 bits per heavy atom. The summed E-state index contributed by atoms with van der Waals surface area (Å²) in [4.78, 5) is 28.9. The van der Waals surface area contributed by atoms with Crippen LogP contribution in [0.15, 0.2) is 72.9 Å². The van der Waals surface area contributed by atoms with Crippen LogP contribution in [0.3, 0.4) is 0 Å². The number of carbonyl (C=O) groups excluding carboxylic acids is 2. The first-order chi connectivity index (χ1) is 16.5. The number of pyridine rings is 1. The number of rotatable bonds is 6. The standard InChI is InChI=1S/C26H23N3O5/c1-16-6-4-5-7-19(16)25(30)29-26(31)28-17-8-10-18(11-9-17)34-22-12-13-27-21-15-24(33-3)23(32-2)14-20(21)22/h4-15H,1-3H3,(H2,28,29,30,31). The lowest BCUT2D eigenvalue weighted by Gasteiger charge is -2.13. The number of hydrogen-bond acceptors (Lipinski definition) is 6. The zero-order valence-electron chi connectivity index (χ0n) is 18.9. The highest BCUT2D eigenvalue weighted by Gasteiger charge is 2.13. The van der Waals surface area contributed by atoms with Crippen molar-refractivity contribution in [2.45, 2.75) is 6.92 Å². The molecular formula is C26H23N3O5. The first-order valence-corrected chi connectivity index (χ1v) is 10.4. The number of aromatic nitrogens is 1. The summed E-state index contributed by atoms with van der Waals surface area (Å²) in [6.45, 7) is 1.81. The molecule has 34 heavy (non-hydrogen) atoms. The molecule has 8 heteroatoms. The molecule has 0 saturated heterocycles. The van der Waals surface area contributed by atoms with Crippen LogP contribution < -0.4 is 24.8 Å².